The van der Waals surface area contributed by atoms with Crippen LogP contribution in [0.5, 0.6) is 0 Å². The van der Waals surface area contributed by atoms with Crippen molar-refractivity contribution in [3.63, 3.8) is 0 Å². The monoisotopic (exact) mass is 1050 g/mol. The Balaban J connectivity index is 1.29. The number of unbranched alkanes of at least 4 members (excludes halogenated alkanes) is 16. The Morgan fingerprint density at radius 3 is 1.70 bits per heavy atom. The van der Waals surface area contributed by atoms with E-state index in [1.54, 1.807) is 0 Å². The molecule has 0 amide bonds. The third-order valence-electron chi connectivity index (χ3n) is 12.6. The first-order chi connectivity index (χ1) is 31.1. The maximum absolute atomic E-state index is 12.3. The van der Waals surface area contributed by atoms with Crippen LogP contribution in [0.25, 0.3) is 0 Å². The molecule has 2 saturated heterocycles. The van der Waals surface area contributed by atoms with E-state index < -0.39 is 0 Å². The molecule has 2 rings (SSSR count). The van der Waals surface area contributed by atoms with Crippen LogP contribution in [0.1, 0.15) is 206 Å². The van der Waals surface area contributed by atoms with E-state index in [1.165, 1.54) is 190 Å². The van der Waals surface area contributed by atoms with Crippen molar-refractivity contribution in [3.8, 4) is 0 Å². The number of esters is 1. The number of nitrogens with zero attached hydrogens (tertiary/aromatic N) is 2. The molecule has 5 nitrogen and oxygen atoms in total. The van der Waals surface area contributed by atoms with Gasteiger partial charge in [0, 0.05) is 0 Å². The number of halogens is 2. The summed E-state index contributed by atoms with van der Waals surface area (Å²) in [6.45, 7) is 12.2. The van der Waals surface area contributed by atoms with Gasteiger partial charge in [0.2, 0.25) is 0 Å². The van der Waals surface area contributed by atoms with E-state index in [4.69, 9.17) is 21.1 Å². The molecule has 0 radical (unpaired) electrons. The van der Waals surface area contributed by atoms with Gasteiger partial charge in [0.05, 0.1) is 0 Å². The van der Waals surface area contributed by atoms with Crippen LogP contribution in [-0.4, -0.2) is 81.4 Å². The third kappa shape index (κ3) is 38.7. The van der Waals surface area contributed by atoms with Crippen molar-refractivity contribution in [1.29, 1.82) is 0 Å². The van der Waals surface area contributed by atoms with Crippen molar-refractivity contribution in [2.24, 2.45) is 11.8 Å². The zero-order valence-corrected chi connectivity index (χ0v) is 45.4. The SMILES string of the molecule is CCCCC/C=C\C/C=C\CCCCCCCC(=O)OCCC1CCN([I-]CCSSCCN2CCC(CCOC(Cl)CCCCCCC/C=C\C/C=C\CCCCC)CC2)CC1. The number of carbonyl (C=O) groups excluding carboxylic acids is 1. The Bertz CT molecular complexity index is 1130. The standard InChI is InChI=1S/C54H97ClIN2O3S2/c1-3-5-7-9-11-13-15-17-19-21-23-25-27-29-31-33-53(55)60-47-39-51-35-42-57(43-36-51)46-50-63-62-49-41-56-58-44-37-52(38-45-58)40-48-61-54(59)34-32-30-28-26-24-22-20-18-16-14-12-10-8-6-4-2/h11-14,17-20,51-53H,3-10,15-16,21-50H2,1-2H3/q-1/b13-11-,14-12-,19-17-,20-18-. The number of hydrogen-bond acceptors (Lipinski definition) is 7. The minimum absolute atomic E-state index is 0.0134. The second-order valence-corrected chi connectivity index (χ2v) is 24.5. The molecule has 63 heavy (non-hydrogen) atoms. The van der Waals surface area contributed by atoms with Crippen LogP contribution in [0.2, 0.25) is 0 Å². The van der Waals surface area contributed by atoms with E-state index in [-0.39, 0.29) is 33.0 Å². The average Bonchev–Trinajstić information content (AvgIpc) is 3.29. The van der Waals surface area contributed by atoms with Crippen molar-refractivity contribution >= 4 is 39.2 Å². The zero-order chi connectivity index (χ0) is 44.9. The van der Waals surface area contributed by atoms with Crippen molar-refractivity contribution < 1.29 is 35.7 Å². The molecular weight excluding hydrogens is 951 g/mol. The van der Waals surface area contributed by atoms with E-state index in [1.807, 2.05) is 0 Å². The quantitative estimate of drug-likeness (QED) is 0.0115. The van der Waals surface area contributed by atoms with Gasteiger partial charge in [0.25, 0.3) is 0 Å². The van der Waals surface area contributed by atoms with Gasteiger partial charge in [0.15, 0.2) is 0 Å². The molecule has 0 aliphatic carbocycles. The Morgan fingerprint density at radius 2 is 1.11 bits per heavy atom. The maximum atomic E-state index is 12.3. The second kappa shape index (κ2) is 45.8. The average molecular weight is 1050 g/mol. The Kier molecular flexibility index (Phi) is 43.0. The Labute approximate surface area is 414 Å². The van der Waals surface area contributed by atoms with Crippen LogP contribution in [0, 0.1) is 11.8 Å². The molecule has 0 aromatic rings. The topological polar surface area (TPSA) is 42.0 Å². The summed E-state index contributed by atoms with van der Waals surface area (Å²) in [5.41, 5.74) is -0.113. The van der Waals surface area contributed by atoms with E-state index in [9.17, 15) is 4.79 Å². The molecule has 2 fully saturated rings. The van der Waals surface area contributed by atoms with Gasteiger partial charge >= 0.3 is 204 Å². The summed E-state index contributed by atoms with van der Waals surface area (Å²) in [6.07, 6.45) is 54.8. The van der Waals surface area contributed by atoms with Gasteiger partial charge in [-0.2, -0.15) is 0 Å². The molecule has 2 aliphatic rings. The molecule has 0 saturated carbocycles. The summed E-state index contributed by atoms with van der Waals surface area (Å²) >= 11 is 6.68. The van der Waals surface area contributed by atoms with Crippen LogP contribution in [0.4, 0.5) is 0 Å². The molecule has 0 bridgehead atoms. The molecule has 2 heterocycles. The number of carbonyl (C=O) groups is 1. The molecule has 0 aromatic heterocycles. The van der Waals surface area contributed by atoms with Crippen LogP contribution in [0.15, 0.2) is 48.6 Å². The molecule has 0 N–H and O–H groups in total. The van der Waals surface area contributed by atoms with Crippen molar-refractivity contribution in [1.82, 2.24) is 8.01 Å². The molecule has 0 aromatic carbocycles. The normalized spacial score (nSPS) is 16.9. The third-order valence-corrected chi connectivity index (χ3v) is 19.0. The molecule has 9 heteroatoms. The van der Waals surface area contributed by atoms with Crippen molar-refractivity contribution in [2.45, 2.75) is 212 Å². The summed E-state index contributed by atoms with van der Waals surface area (Å²) in [6, 6.07) is 0. The van der Waals surface area contributed by atoms with Gasteiger partial charge in [-0.3, -0.25) is 0 Å². The van der Waals surface area contributed by atoms with Crippen LogP contribution >= 0.6 is 33.2 Å². The van der Waals surface area contributed by atoms with Gasteiger partial charge in [-0.15, -0.1) is 0 Å². The second-order valence-electron chi connectivity index (χ2n) is 18.2. The number of ether oxygens (including phenoxy) is 2. The summed E-state index contributed by atoms with van der Waals surface area (Å²) in [5, 5.41) is 0. The van der Waals surface area contributed by atoms with Gasteiger partial charge in [-0.05, 0) is 77.0 Å². The summed E-state index contributed by atoms with van der Waals surface area (Å²) in [5.74, 6) is 4.07. The zero-order valence-electron chi connectivity index (χ0n) is 40.8. The van der Waals surface area contributed by atoms with Gasteiger partial charge in [-0.25, -0.2) is 0 Å². The predicted molar refractivity (Wildman–Crippen MR) is 278 cm³/mol. The van der Waals surface area contributed by atoms with Gasteiger partial charge in [0.1, 0.15) is 5.56 Å². The molecule has 368 valence electrons. The summed E-state index contributed by atoms with van der Waals surface area (Å²) in [4.78, 5) is 14.9. The molecule has 2 aliphatic heterocycles. The van der Waals surface area contributed by atoms with Crippen molar-refractivity contribution in [3.05, 3.63) is 48.6 Å². The fourth-order valence-electron chi connectivity index (χ4n) is 8.33. The van der Waals surface area contributed by atoms with Crippen LogP contribution < -0.4 is 21.5 Å². The summed E-state index contributed by atoms with van der Waals surface area (Å²) in [7, 11) is 4.18. The van der Waals surface area contributed by atoms with E-state index in [0.717, 1.165) is 63.4 Å². The number of allylic oxidation sites excluding steroid dienone is 8. The van der Waals surface area contributed by atoms with Gasteiger partial charge in [-0.1, -0.05) is 125 Å². The first kappa shape index (κ1) is 59.2. The summed E-state index contributed by atoms with van der Waals surface area (Å²) < 4.78 is 15.8. The number of alkyl halides is 2. The van der Waals surface area contributed by atoms with Crippen LogP contribution in [-0.2, 0) is 14.3 Å². The number of likely N-dealkylation sites (tertiary alicyclic amines) is 1. The first-order valence-electron chi connectivity index (χ1n) is 26.4. The minimum atomic E-state index is -0.113. The molecule has 1 unspecified atom stereocenters. The predicted octanol–water partition coefficient (Wildman–Crippen LogP) is 13.3. The molecule has 1 atom stereocenters. The first-order valence-corrected chi connectivity index (χ1v) is 31.8. The Morgan fingerprint density at radius 1 is 0.619 bits per heavy atom. The fourth-order valence-corrected chi connectivity index (χ4v) is 14.5. The number of piperidine rings is 2. The van der Waals surface area contributed by atoms with E-state index in [2.05, 4.69) is 92.1 Å². The molecule has 0 spiro atoms. The Hall–Kier alpha value is 0.0300. The number of rotatable bonds is 43. The fraction of sp³-hybridized carbons (Fsp3) is 0.833. The number of hydrogen-bond donors (Lipinski definition) is 0. The van der Waals surface area contributed by atoms with E-state index >= 15 is 0 Å². The molecular formula is C54H97ClIN2O3S2-. The van der Waals surface area contributed by atoms with E-state index in [0.29, 0.717) is 13.0 Å². The van der Waals surface area contributed by atoms with Gasteiger partial charge < -0.3 is 4.74 Å². The van der Waals surface area contributed by atoms with Crippen LogP contribution in [0.3, 0.4) is 0 Å². The van der Waals surface area contributed by atoms with Crippen molar-refractivity contribution in [2.75, 3.05) is 61.9 Å².